The molecule has 3 fully saturated rings. The van der Waals surface area contributed by atoms with Crippen molar-refractivity contribution in [3.05, 3.63) is 24.3 Å². The highest BCUT2D eigenvalue weighted by atomic mass is 16.5. The van der Waals surface area contributed by atoms with Crippen LogP contribution in [0.5, 0.6) is 0 Å². The van der Waals surface area contributed by atoms with Crippen LogP contribution in [0.15, 0.2) is 18.6 Å². The summed E-state index contributed by atoms with van der Waals surface area (Å²) in [4.78, 5) is 36.6. The lowest BCUT2D eigenvalue weighted by Crippen LogP contribution is -2.52. The lowest BCUT2D eigenvalue weighted by molar-refractivity contribution is -0.163. The molecule has 4 heterocycles. The summed E-state index contributed by atoms with van der Waals surface area (Å²) in [5, 5.41) is 0. The minimum atomic E-state index is -0.274. The number of carbonyl (C=O) groups is 2. The minimum Gasteiger partial charge on any atom is -0.378 e. The molecule has 2 amide bonds. The average Bonchev–Trinajstić information content (AvgIpc) is 2.79. The smallest absolute Gasteiger partial charge is 0.274 e. The highest BCUT2D eigenvalue weighted by Crippen LogP contribution is 2.36. The third-order valence-corrected chi connectivity index (χ3v) is 6.00. The van der Waals surface area contributed by atoms with E-state index in [1.807, 2.05) is 4.90 Å². The van der Waals surface area contributed by atoms with Crippen molar-refractivity contribution in [2.45, 2.75) is 37.4 Å². The number of hydrogen-bond donors (Lipinski definition) is 0. The Morgan fingerprint density at radius 3 is 2.62 bits per heavy atom. The first-order valence-corrected chi connectivity index (χ1v) is 10.3. The van der Waals surface area contributed by atoms with Gasteiger partial charge in [0.1, 0.15) is 12.3 Å². The van der Waals surface area contributed by atoms with Crippen molar-refractivity contribution in [2.75, 3.05) is 52.6 Å². The van der Waals surface area contributed by atoms with Gasteiger partial charge in [0.05, 0.1) is 31.1 Å². The second-order valence-electron chi connectivity index (χ2n) is 7.83. The van der Waals surface area contributed by atoms with E-state index in [0.717, 1.165) is 25.7 Å². The van der Waals surface area contributed by atoms with Crippen molar-refractivity contribution in [1.29, 1.82) is 0 Å². The lowest BCUT2D eigenvalue weighted by atomic mass is 9.83. The monoisotopic (exact) mass is 404 g/mol. The van der Waals surface area contributed by atoms with Crippen LogP contribution >= 0.6 is 0 Å². The Morgan fingerprint density at radius 1 is 1.10 bits per heavy atom. The molecule has 0 aliphatic carbocycles. The normalized spacial score (nSPS) is 24.5. The van der Waals surface area contributed by atoms with Crippen molar-refractivity contribution < 1.29 is 23.8 Å². The first-order chi connectivity index (χ1) is 14.2. The molecule has 1 atom stereocenters. The second-order valence-corrected chi connectivity index (χ2v) is 7.83. The molecule has 0 bridgehead atoms. The molecule has 0 N–H and O–H groups in total. The number of carbonyl (C=O) groups excluding carboxylic acids is 2. The molecule has 3 aliphatic rings. The van der Waals surface area contributed by atoms with E-state index in [2.05, 4.69) is 9.97 Å². The summed E-state index contributed by atoms with van der Waals surface area (Å²) in [5.41, 5.74) is 0.0974. The first kappa shape index (κ1) is 20.2. The Hall–Kier alpha value is -2.10. The van der Waals surface area contributed by atoms with Gasteiger partial charge in [0.2, 0.25) is 5.91 Å². The van der Waals surface area contributed by atoms with Crippen molar-refractivity contribution >= 4 is 11.8 Å². The number of likely N-dealkylation sites (tertiary alicyclic amines) is 1. The van der Waals surface area contributed by atoms with Gasteiger partial charge in [-0.1, -0.05) is 0 Å². The number of aromatic nitrogens is 2. The summed E-state index contributed by atoms with van der Waals surface area (Å²) in [5.74, 6) is -0.0640. The van der Waals surface area contributed by atoms with Crippen LogP contribution < -0.4 is 0 Å². The van der Waals surface area contributed by atoms with Crippen LogP contribution in [0.2, 0.25) is 0 Å². The maximum absolute atomic E-state index is 12.6. The average molecular weight is 404 g/mol. The van der Waals surface area contributed by atoms with Gasteiger partial charge in [-0.25, -0.2) is 4.98 Å². The van der Waals surface area contributed by atoms with E-state index in [1.54, 1.807) is 11.1 Å². The molecule has 3 aliphatic heterocycles. The summed E-state index contributed by atoms with van der Waals surface area (Å²) in [6, 6.07) is 0. The predicted molar refractivity (Wildman–Crippen MR) is 102 cm³/mol. The molecular formula is C20H28N4O5. The lowest BCUT2D eigenvalue weighted by Gasteiger charge is -2.46. The summed E-state index contributed by atoms with van der Waals surface area (Å²) in [7, 11) is 0. The van der Waals surface area contributed by atoms with E-state index in [0.29, 0.717) is 51.7 Å². The zero-order valence-corrected chi connectivity index (χ0v) is 16.6. The minimum absolute atomic E-state index is 0.0102. The molecule has 0 saturated carbocycles. The number of hydrogen-bond acceptors (Lipinski definition) is 7. The molecule has 9 nitrogen and oxygen atoms in total. The molecule has 0 radical (unpaired) electrons. The molecule has 0 aromatic carbocycles. The van der Waals surface area contributed by atoms with E-state index >= 15 is 0 Å². The topological polar surface area (TPSA) is 94.1 Å². The van der Waals surface area contributed by atoms with Crippen LogP contribution in [0.3, 0.4) is 0 Å². The van der Waals surface area contributed by atoms with E-state index in [1.165, 1.54) is 12.4 Å². The fraction of sp³-hybridized carbons (Fsp3) is 0.700. The van der Waals surface area contributed by atoms with E-state index in [-0.39, 0.29) is 30.1 Å². The fourth-order valence-corrected chi connectivity index (χ4v) is 4.26. The van der Waals surface area contributed by atoms with Gasteiger partial charge in [-0.2, -0.15) is 0 Å². The standard InChI is InChI=1S/C20H28N4O5/c25-18(23-8-11-27-12-9-23)15-28-16-1-10-29-20(13-16)2-6-24(7-3-20)19(26)17-14-21-4-5-22-17/h4-5,14,16H,1-3,6-13,15H2. The molecule has 1 aromatic heterocycles. The molecule has 29 heavy (non-hydrogen) atoms. The molecular weight excluding hydrogens is 376 g/mol. The summed E-state index contributed by atoms with van der Waals surface area (Å²) >= 11 is 0. The Labute approximate surface area is 170 Å². The molecule has 158 valence electrons. The third kappa shape index (κ3) is 4.91. The zero-order valence-electron chi connectivity index (χ0n) is 16.6. The quantitative estimate of drug-likeness (QED) is 0.722. The Balaban J connectivity index is 1.26. The van der Waals surface area contributed by atoms with Crippen molar-refractivity contribution in [3.8, 4) is 0 Å². The number of nitrogens with zero attached hydrogens (tertiary/aromatic N) is 4. The molecule has 9 heteroatoms. The highest BCUT2D eigenvalue weighted by Gasteiger charge is 2.42. The molecule has 4 rings (SSSR count). The van der Waals surface area contributed by atoms with Crippen LogP contribution in [0.4, 0.5) is 0 Å². The summed E-state index contributed by atoms with van der Waals surface area (Å²) in [6.45, 7) is 4.42. The zero-order chi connectivity index (χ0) is 20.1. The SMILES string of the molecule is O=C(COC1CCOC2(CCN(C(=O)c3cnccn3)CC2)C1)N1CCOCC1. The van der Waals surface area contributed by atoms with Gasteiger partial charge in [0.25, 0.3) is 5.91 Å². The number of ether oxygens (including phenoxy) is 3. The van der Waals surface area contributed by atoms with Crippen LogP contribution in [0.25, 0.3) is 0 Å². The Morgan fingerprint density at radius 2 is 1.90 bits per heavy atom. The van der Waals surface area contributed by atoms with Crippen molar-refractivity contribution in [2.24, 2.45) is 0 Å². The summed E-state index contributed by atoms with van der Waals surface area (Å²) < 4.78 is 17.4. The van der Waals surface area contributed by atoms with Crippen LogP contribution in [0, 0.1) is 0 Å². The van der Waals surface area contributed by atoms with Gasteiger partial charge in [0.15, 0.2) is 0 Å². The molecule has 1 spiro atoms. The largest absolute Gasteiger partial charge is 0.378 e. The maximum Gasteiger partial charge on any atom is 0.274 e. The van der Waals surface area contributed by atoms with Crippen LogP contribution in [0.1, 0.15) is 36.2 Å². The van der Waals surface area contributed by atoms with Gasteiger partial charge >= 0.3 is 0 Å². The molecule has 1 unspecified atom stereocenters. The number of morpholine rings is 1. The Kier molecular flexibility index (Phi) is 6.37. The molecule has 3 saturated heterocycles. The van der Waals surface area contributed by atoms with Gasteiger partial charge in [0, 0.05) is 51.6 Å². The number of amides is 2. The van der Waals surface area contributed by atoms with Gasteiger partial charge in [-0.15, -0.1) is 0 Å². The highest BCUT2D eigenvalue weighted by molar-refractivity contribution is 5.92. The van der Waals surface area contributed by atoms with Crippen LogP contribution in [-0.2, 0) is 19.0 Å². The van der Waals surface area contributed by atoms with Gasteiger partial charge in [-0.05, 0) is 19.3 Å². The Bertz CT molecular complexity index is 702. The maximum atomic E-state index is 12.6. The predicted octanol–water partition coefficient (Wildman–Crippen LogP) is 0.506. The van der Waals surface area contributed by atoms with Crippen LogP contribution in [-0.4, -0.2) is 95.9 Å². The summed E-state index contributed by atoms with van der Waals surface area (Å²) in [6.07, 6.45) is 7.67. The van der Waals surface area contributed by atoms with Crippen molar-refractivity contribution in [1.82, 2.24) is 19.8 Å². The fourth-order valence-electron chi connectivity index (χ4n) is 4.26. The van der Waals surface area contributed by atoms with E-state index in [9.17, 15) is 9.59 Å². The van der Waals surface area contributed by atoms with Gasteiger partial charge < -0.3 is 24.0 Å². The van der Waals surface area contributed by atoms with E-state index in [4.69, 9.17) is 14.2 Å². The molecule has 1 aromatic rings. The third-order valence-electron chi connectivity index (χ3n) is 6.00. The second kappa shape index (κ2) is 9.15. The van der Waals surface area contributed by atoms with Crippen molar-refractivity contribution in [3.63, 3.8) is 0 Å². The number of piperidine rings is 1. The van der Waals surface area contributed by atoms with E-state index < -0.39 is 0 Å². The van der Waals surface area contributed by atoms with Gasteiger partial charge in [-0.3, -0.25) is 14.6 Å². The first-order valence-electron chi connectivity index (χ1n) is 10.3. The number of rotatable bonds is 4.